The Morgan fingerprint density at radius 2 is 2.38 bits per heavy atom. The predicted molar refractivity (Wildman–Crippen MR) is 45.3 cm³/mol. The van der Waals surface area contributed by atoms with Gasteiger partial charge in [0.25, 0.3) is 0 Å². The van der Waals surface area contributed by atoms with Gasteiger partial charge < -0.3 is 4.57 Å². The second-order valence-electron chi connectivity index (χ2n) is 2.66. The van der Waals surface area contributed by atoms with Gasteiger partial charge in [0.1, 0.15) is 12.4 Å². The standard InChI is InChI=1S/C9H6FN3/c10-7-1-2-9-8(5-7)12-6-13(9)4-3-11/h1-2,5-6H,4H2. The Morgan fingerprint density at radius 3 is 3.15 bits per heavy atom. The zero-order valence-electron chi connectivity index (χ0n) is 6.74. The van der Waals surface area contributed by atoms with E-state index in [9.17, 15) is 4.39 Å². The van der Waals surface area contributed by atoms with Crippen molar-refractivity contribution in [2.45, 2.75) is 6.54 Å². The Labute approximate surface area is 74.0 Å². The quantitative estimate of drug-likeness (QED) is 0.661. The van der Waals surface area contributed by atoms with Crippen LogP contribution in [0, 0.1) is 17.1 Å². The van der Waals surface area contributed by atoms with Gasteiger partial charge in [-0.15, -0.1) is 0 Å². The average molecular weight is 175 g/mol. The van der Waals surface area contributed by atoms with Gasteiger partial charge in [-0.2, -0.15) is 5.26 Å². The van der Waals surface area contributed by atoms with Crippen molar-refractivity contribution in [3.63, 3.8) is 0 Å². The van der Waals surface area contributed by atoms with Crippen LogP contribution in [-0.2, 0) is 6.54 Å². The van der Waals surface area contributed by atoms with Crippen molar-refractivity contribution in [1.29, 1.82) is 5.26 Å². The molecule has 64 valence electrons. The summed E-state index contributed by atoms with van der Waals surface area (Å²) in [5, 5.41) is 8.48. The van der Waals surface area contributed by atoms with E-state index in [-0.39, 0.29) is 12.4 Å². The fourth-order valence-electron chi connectivity index (χ4n) is 1.24. The van der Waals surface area contributed by atoms with Crippen molar-refractivity contribution >= 4 is 11.0 Å². The van der Waals surface area contributed by atoms with Crippen LogP contribution < -0.4 is 0 Å². The van der Waals surface area contributed by atoms with Crippen LogP contribution in [0.15, 0.2) is 24.5 Å². The molecule has 0 aliphatic rings. The van der Waals surface area contributed by atoms with Crippen molar-refractivity contribution in [2.75, 3.05) is 0 Å². The van der Waals surface area contributed by atoms with E-state index in [1.54, 1.807) is 10.6 Å². The molecule has 0 spiro atoms. The minimum atomic E-state index is -0.310. The van der Waals surface area contributed by atoms with Crippen molar-refractivity contribution in [1.82, 2.24) is 9.55 Å². The molecular formula is C9H6FN3. The van der Waals surface area contributed by atoms with Gasteiger partial charge in [-0.3, -0.25) is 0 Å². The van der Waals surface area contributed by atoms with E-state index in [1.807, 2.05) is 6.07 Å². The van der Waals surface area contributed by atoms with Crippen molar-refractivity contribution in [2.24, 2.45) is 0 Å². The second-order valence-corrected chi connectivity index (χ2v) is 2.66. The summed E-state index contributed by atoms with van der Waals surface area (Å²) < 4.78 is 14.4. The molecule has 0 aliphatic carbocycles. The van der Waals surface area contributed by atoms with Gasteiger partial charge in [0.05, 0.1) is 23.4 Å². The molecule has 0 saturated heterocycles. The monoisotopic (exact) mass is 175 g/mol. The number of hydrogen-bond acceptors (Lipinski definition) is 2. The van der Waals surface area contributed by atoms with E-state index in [0.29, 0.717) is 5.52 Å². The Hall–Kier alpha value is -1.89. The number of hydrogen-bond donors (Lipinski definition) is 0. The van der Waals surface area contributed by atoms with Crippen LogP contribution in [0.2, 0.25) is 0 Å². The molecule has 0 amide bonds. The lowest BCUT2D eigenvalue weighted by Gasteiger charge is -1.95. The Morgan fingerprint density at radius 1 is 1.54 bits per heavy atom. The van der Waals surface area contributed by atoms with Crippen LogP contribution in [0.4, 0.5) is 4.39 Å². The number of fused-ring (bicyclic) bond motifs is 1. The van der Waals surface area contributed by atoms with Crippen LogP contribution >= 0.6 is 0 Å². The summed E-state index contributed by atoms with van der Waals surface area (Å²) in [4.78, 5) is 3.97. The van der Waals surface area contributed by atoms with E-state index in [4.69, 9.17) is 5.26 Å². The number of nitrogens with zero attached hydrogens (tertiary/aromatic N) is 3. The SMILES string of the molecule is N#CCn1cnc2cc(F)ccc21. The van der Waals surface area contributed by atoms with Gasteiger partial charge in [0.15, 0.2) is 0 Å². The molecule has 1 heterocycles. The zero-order chi connectivity index (χ0) is 9.26. The van der Waals surface area contributed by atoms with E-state index in [0.717, 1.165) is 5.52 Å². The van der Waals surface area contributed by atoms with E-state index in [1.165, 1.54) is 18.5 Å². The van der Waals surface area contributed by atoms with E-state index < -0.39 is 0 Å². The summed E-state index contributed by atoms with van der Waals surface area (Å²) in [5.41, 5.74) is 1.36. The minimum absolute atomic E-state index is 0.238. The summed E-state index contributed by atoms with van der Waals surface area (Å²) in [6.45, 7) is 0.238. The molecule has 3 nitrogen and oxygen atoms in total. The van der Waals surface area contributed by atoms with Crippen molar-refractivity contribution in [3.05, 3.63) is 30.3 Å². The van der Waals surface area contributed by atoms with Gasteiger partial charge in [0, 0.05) is 6.07 Å². The molecule has 2 rings (SSSR count). The topological polar surface area (TPSA) is 41.6 Å². The normalized spacial score (nSPS) is 10.2. The lowest BCUT2D eigenvalue weighted by molar-refractivity contribution is 0.629. The van der Waals surface area contributed by atoms with Crippen LogP contribution in [0.25, 0.3) is 11.0 Å². The van der Waals surface area contributed by atoms with E-state index >= 15 is 0 Å². The lowest BCUT2D eigenvalue weighted by atomic mass is 10.3. The molecule has 2 aromatic rings. The molecule has 0 saturated carbocycles. The van der Waals surface area contributed by atoms with Crippen LogP contribution in [0.5, 0.6) is 0 Å². The summed E-state index contributed by atoms with van der Waals surface area (Å²) in [6.07, 6.45) is 1.54. The highest BCUT2D eigenvalue weighted by Gasteiger charge is 2.02. The zero-order valence-corrected chi connectivity index (χ0v) is 6.74. The highest BCUT2D eigenvalue weighted by atomic mass is 19.1. The van der Waals surface area contributed by atoms with Crippen molar-refractivity contribution in [3.8, 4) is 6.07 Å². The minimum Gasteiger partial charge on any atom is -0.317 e. The first-order valence-electron chi connectivity index (χ1n) is 3.78. The first-order valence-corrected chi connectivity index (χ1v) is 3.78. The fourth-order valence-corrected chi connectivity index (χ4v) is 1.24. The van der Waals surface area contributed by atoms with Crippen LogP contribution in [0.3, 0.4) is 0 Å². The number of rotatable bonds is 1. The summed E-state index contributed by atoms with van der Waals surface area (Å²) in [5.74, 6) is -0.310. The van der Waals surface area contributed by atoms with Gasteiger partial charge in [0.2, 0.25) is 0 Å². The highest BCUT2D eigenvalue weighted by molar-refractivity contribution is 5.75. The van der Waals surface area contributed by atoms with Gasteiger partial charge in [-0.05, 0) is 12.1 Å². The molecule has 0 radical (unpaired) electrons. The van der Waals surface area contributed by atoms with Gasteiger partial charge in [-0.25, -0.2) is 9.37 Å². The first kappa shape index (κ1) is 7.74. The maximum absolute atomic E-state index is 12.7. The maximum Gasteiger partial charge on any atom is 0.125 e. The molecule has 0 N–H and O–H groups in total. The molecular weight excluding hydrogens is 169 g/mol. The predicted octanol–water partition coefficient (Wildman–Crippen LogP) is 1.70. The summed E-state index contributed by atoms with van der Waals surface area (Å²) >= 11 is 0. The summed E-state index contributed by atoms with van der Waals surface area (Å²) in [7, 11) is 0. The highest BCUT2D eigenvalue weighted by Crippen LogP contribution is 2.13. The molecule has 0 unspecified atom stereocenters. The largest absolute Gasteiger partial charge is 0.317 e. The lowest BCUT2D eigenvalue weighted by Crippen LogP contribution is -1.91. The average Bonchev–Trinajstić information content (AvgIpc) is 2.49. The number of halogens is 1. The van der Waals surface area contributed by atoms with Crippen LogP contribution in [-0.4, -0.2) is 9.55 Å². The smallest absolute Gasteiger partial charge is 0.125 e. The molecule has 0 atom stereocenters. The molecule has 1 aromatic carbocycles. The third-order valence-corrected chi connectivity index (χ3v) is 1.82. The van der Waals surface area contributed by atoms with Gasteiger partial charge >= 0.3 is 0 Å². The Bertz CT molecular complexity index is 481. The molecule has 4 heteroatoms. The molecule has 0 bridgehead atoms. The number of benzene rings is 1. The Kier molecular flexibility index (Phi) is 1.71. The molecule has 13 heavy (non-hydrogen) atoms. The molecule has 0 aliphatic heterocycles. The third-order valence-electron chi connectivity index (χ3n) is 1.82. The fraction of sp³-hybridized carbons (Fsp3) is 0.111. The third kappa shape index (κ3) is 1.25. The maximum atomic E-state index is 12.7. The number of aromatic nitrogens is 2. The Balaban J connectivity index is 2.63. The van der Waals surface area contributed by atoms with Gasteiger partial charge in [-0.1, -0.05) is 0 Å². The van der Waals surface area contributed by atoms with Crippen LogP contribution in [0.1, 0.15) is 0 Å². The summed E-state index contributed by atoms with van der Waals surface area (Å²) in [6, 6.07) is 6.34. The number of nitriles is 1. The molecule has 0 fully saturated rings. The molecule has 1 aromatic heterocycles. The first-order chi connectivity index (χ1) is 6.31. The second kappa shape index (κ2) is 2.87. The van der Waals surface area contributed by atoms with E-state index in [2.05, 4.69) is 4.98 Å². The van der Waals surface area contributed by atoms with Crippen molar-refractivity contribution < 1.29 is 4.39 Å². The number of imidazole rings is 1.